The Labute approximate surface area is 178 Å². The summed E-state index contributed by atoms with van der Waals surface area (Å²) in [5.74, 6) is -0.635. The predicted octanol–water partition coefficient (Wildman–Crippen LogP) is 5.16. The highest BCUT2D eigenvalue weighted by atomic mass is 32.1. The van der Waals surface area contributed by atoms with Gasteiger partial charge in [-0.05, 0) is 34.2 Å². The molecule has 0 amide bonds. The molecular formula is C25H17N3OS. The Morgan fingerprint density at radius 2 is 1.70 bits per heavy atom. The summed E-state index contributed by atoms with van der Waals surface area (Å²) in [4.78, 5) is 16.3. The number of benzene rings is 2. The molecule has 5 rings (SSSR count). The number of fused-ring (bicyclic) bond motifs is 3. The number of ketones is 1. The van der Waals surface area contributed by atoms with Crippen molar-refractivity contribution < 1.29 is 4.79 Å². The van der Waals surface area contributed by atoms with E-state index in [4.69, 9.17) is 0 Å². The fraction of sp³-hybridized carbons (Fsp3) is 0.160. The number of carbonyl (C=O) groups is 1. The van der Waals surface area contributed by atoms with Crippen molar-refractivity contribution in [1.82, 2.24) is 4.90 Å². The first kappa shape index (κ1) is 18.4. The van der Waals surface area contributed by atoms with Crippen LogP contribution in [0.5, 0.6) is 0 Å². The maximum Gasteiger partial charge on any atom is 0.195 e. The van der Waals surface area contributed by atoms with Gasteiger partial charge in [-0.2, -0.15) is 10.5 Å². The van der Waals surface area contributed by atoms with E-state index in [-0.39, 0.29) is 5.78 Å². The first-order valence-corrected chi connectivity index (χ1v) is 10.6. The van der Waals surface area contributed by atoms with E-state index >= 15 is 0 Å². The largest absolute Gasteiger partial charge is 0.357 e. The zero-order valence-corrected chi connectivity index (χ0v) is 16.8. The molecule has 3 heterocycles. The van der Waals surface area contributed by atoms with Crippen LogP contribution in [-0.2, 0) is 0 Å². The van der Waals surface area contributed by atoms with Gasteiger partial charge in [0.05, 0.1) is 23.1 Å². The highest BCUT2D eigenvalue weighted by Crippen LogP contribution is 2.60. The monoisotopic (exact) mass is 407 g/mol. The Bertz CT molecular complexity index is 1200. The van der Waals surface area contributed by atoms with E-state index in [0.29, 0.717) is 4.88 Å². The lowest BCUT2D eigenvalue weighted by atomic mass is 9.67. The Kier molecular flexibility index (Phi) is 4.28. The second kappa shape index (κ2) is 6.99. The SMILES string of the molecule is N#CC1(C#N)C(c2ccccc2)C(C(=O)c2cccs2)N2C=Cc3ccccc3C21. The van der Waals surface area contributed by atoms with Gasteiger partial charge in [0.2, 0.25) is 0 Å². The third kappa shape index (κ3) is 2.46. The van der Waals surface area contributed by atoms with Crippen LogP contribution in [0, 0.1) is 28.1 Å². The topological polar surface area (TPSA) is 67.9 Å². The lowest BCUT2D eigenvalue weighted by molar-refractivity contribution is 0.0879. The van der Waals surface area contributed by atoms with Gasteiger partial charge in [0.1, 0.15) is 6.04 Å². The molecule has 4 nitrogen and oxygen atoms in total. The van der Waals surface area contributed by atoms with Gasteiger partial charge in [0.15, 0.2) is 11.2 Å². The van der Waals surface area contributed by atoms with Crippen molar-refractivity contribution in [1.29, 1.82) is 10.5 Å². The van der Waals surface area contributed by atoms with Gasteiger partial charge in [-0.15, -0.1) is 11.3 Å². The molecule has 0 saturated carbocycles. The minimum atomic E-state index is -1.40. The van der Waals surface area contributed by atoms with Crippen LogP contribution in [0.1, 0.15) is 38.3 Å². The van der Waals surface area contributed by atoms with Crippen LogP contribution in [0.2, 0.25) is 0 Å². The highest BCUT2D eigenvalue weighted by Gasteiger charge is 2.63. The molecule has 1 fully saturated rings. The van der Waals surface area contributed by atoms with E-state index in [1.165, 1.54) is 11.3 Å². The van der Waals surface area contributed by atoms with E-state index in [9.17, 15) is 15.3 Å². The third-order valence-electron chi connectivity index (χ3n) is 6.14. The first-order chi connectivity index (χ1) is 14.7. The van der Waals surface area contributed by atoms with Crippen molar-refractivity contribution in [2.45, 2.75) is 18.0 Å². The van der Waals surface area contributed by atoms with Gasteiger partial charge < -0.3 is 4.90 Å². The van der Waals surface area contributed by atoms with E-state index in [1.54, 1.807) is 0 Å². The fourth-order valence-corrected chi connectivity index (χ4v) is 5.59. The number of hydrogen-bond donors (Lipinski definition) is 0. The molecule has 0 aliphatic carbocycles. The second-order valence-corrected chi connectivity index (χ2v) is 8.51. The van der Waals surface area contributed by atoms with Crippen molar-refractivity contribution in [2.24, 2.45) is 5.41 Å². The number of nitriles is 2. The molecule has 1 aromatic heterocycles. The lowest BCUT2D eigenvalue weighted by Crippen LogP contribution is -2.37. The van der Waals surface area contributed by atoms with Crippen molar-refractivity contribution in [3.05, 3.63) is 99.9 Å². The molecule has 5 heteroatoms. The van der Waals surface area contributed by atoms with E-state index in [1.807, 2.05) is 89.3 Å². The number of thiophene rings is 1. The maximum atomic E-state index is 13.7. The summed E-state index contributed by atoms with van der Waals surface area (Å²) in [6.07, 6.45) is 3.85. The lowest BCUT2D eigenvalue weighted by Gasteiger charge is -2.34. The molecule has 144 valence electrons. The molecule has 3 aromatic rings. The number of rotatable bonds is 3. The second-order valence-electron chi connectivity index (χ2n) is 7.56. The Balaban J connectivity index is 1.79. The van der Waals surface area contributed by atoms with Crippen LogP contribution in [-0.4, -0.2) is 16.7 Å². The highest BCUT2D eigenvalue weighted by molar-refractivity contribution is 7.12. The number of hydrogen-bond acceptors (Lipinski definition) is 5. The summed E-state index contributed by atoms with van der Waals surface area (Å²) in [7, 11) is 0. The smallest absolute Gasteiger partial charge is 0.195 e. The summed E-state index contributed by atoms with van der Waals surface area (Å²) in [6.45, 7) is 0. The summed E-state index contributed by atoms with van der Waals surface area (Å²) < 4.78 is 0. The standard InChI is InChI=1S/C25H17N3OS/c26-15-25(16-27)21(18-8-2-1-3-9-18)22(23(29)20-11-6-14-30-20)28-13-12-17-7-4-5-10-19(17)24(25)28/h1-14,21-22,24H. The average Bonchev–Trinajstić information content (AvgIpc) is 3.44. The van der Waals surface area contributed by atoms with Crippen molar-refractivity contribution in [3.63, 3.8) is 0 Å². The number of Topliss-reactive ketones (excluding diaryl/α,β-unsaturated/α-hetero) is 1. The molecule has 0 bridgehead atoms. The first-order valence-electron chi connectivity index (χ1n) is 9.71. The Hall–Kier alpha value is -3.67. The minimum absolute atomic E-state index is 0.0553. The van der Waals surface area contributed by atoms with Crippen LogP contribution in [0.3, 0.4) is 0 Å². The molecule has 0 spiro atoms. The molecule has 2 aromatic carbocycles. The van der Waals surface area contributed by atoms with E-state index in [2.05, 4.69) is 12.1 Å². The molecule has 2 aliphatic heterocycles. The molecule has 1 saturated heterocycles. The quantitative estimate of drug-likeness (QED) is 0.563. The van der Waals surface area contributed by atoms with E-state index in [0.717, 1.165) is 16.7 Å². The zero-order chi connectivity index (χ0) is 20.7. The average molecular weight is 407 g/mol. The van der Waals surface area contributed by atoms with Crippen LogP contribution < -0.4 is 0 Å². The normalized spacial score (nSPS) is 23.1. The minimum Gasteiger partial charge on any atom is -0.357 e. The van der Waals surface area contributed by atoms with Gasteiger partial charge in [-0.3, -0.25) is 4.79 Å². The summed E-state index contributed by atoms with van der Waals surface area (Å²) in [5, 5.41) is 22.7. The summed E-state index contributed by atoms with van der Waals surface area (Å²) in [5.41, 5.74) is 1.31. The Morgan fingerprint density at radius 3 is 2.40 bits per heavy atom. The van der Waals surface area contributed by atoms with Crippen LogP contribution in [0.15, 0.2) is 78.3 Å². The molecule has 0 radical (unpaired) electrons. The molecule has 3 unspecified atom stereocenters. The summed E-state index contributed by atoms with van der Waals surface area (Å²) in [6, 6.07) is 24.5. The van der Waals surface area contributed by atoms with Gasteiger partial charge in [0.25, 0.3) is 0 Å². The fourth-order valence-electron chi connectivity index (χ4n) is 4.89. The van der Waals surface area contributed by atoms with Gasteiger partial charge >= 0.3 is 0 Å². The predicted molar refractivity (Wildman–Crippen MR) is 115 cm³/mol. The van der Waals surface area contributed by atoms with E-state index < -0.39 is 23.4 Å². The van der Waals surface area contributed by atoms with Gasteiger partial charge in [0, 0.05) is 12.1 Å². The van der Waals surface area contributed by atoms with Crippen molar-refractivity contribution in [2.75, 3.05) is 0 Å². The summed E-state index contributed by atoms with van der Waals surface area (Å²) >= 11 is 1.39. The van der Waals surface area contributed by atoms with Gasteiger partial charge in [-0.1, -0.05) is 60.7 Å². The van der Waals surface area contributed by atoms with Gasteiger partial charge in [-0.25, -0.2) is 0 Å². The maximum absolute atomic E-state index is 13.7. The van der Waals surface area contributed by atoms with Crippen molar-refractivity contribution >= 4 is 23.2 Å². The molecular weight excluding hydrogens is 390 g/mol. The third-order valence-corrected chi connectivity index (χ3v) is 7.02. The number of nitrogens with zero attached hydrogens (tertiary/aromatic N) is 3. The zero-order valence-electron chi connectivity index (χ0n) is 16.0. The van der Waals surface area contributed by atoms with Crippen LogP contribution >= 0.6 is 11.3 Å². The molecule has 2 aliphatic rings. The van der Waals surface area contributed by atoms with Crippen LogP contribution in [0.25, 0.3) is 6.08 Å². The van der Waals surface area contributed by atoms with Crippen LogP contribution in [0.4, 0.5) is 0 Å². The van der Waals surface area contributed by atoms with Crippen molar-refractivity contribution in [3.8, 4) is 12.1 Å². The molecule has 3 atom stereocenters. The Morgan fingerprint density at radius 1 is 0.967 bits per heavy atom. The molecule has 0 N–H and O–H groups in total. The molecule has 30 heavy (non-hydrogen) atoms. The number of carbonyl (C=O) groups excluding carboxylic acids is 1.